The van der Waals surface area contributed by atoms with Gasteiger partial charge in [-0.2, -0.15) is 0 Å². The summed E-state index contributed by atoms with van der Waals surface area (Å²) in [6, 6.07) is 8.37. The van der Waals surface area contributed by atoms with Gasteiger partial charge in [0.2, 0.25) is 0 Å². The van der Waals surface area contributed by atoms with Crippen LogP contribution >= 0.6 is 0 Å². The highest BCUT2D eigenvalue weighted by atomic mass is 16.3. The van der Waals surface area contributed by atoms with Crippen LogP contribution in [0.15, 0.2) is 30.5 Å². The molecule has 0 aliphatic carbocycles. The summed E-state index contributed by atoms with van der Waals surface area (Å²) in [4.78, 5) is 4.54. The molecule has 110 valence electrons. The van der Waals surface area contributed by atoms with Crippen molar-refractivity contribution in [3.63, 3.8) is 0 Å². The molecule has 3 heteroatoms. The molecule has 0 amide bonds. The minimum atomic E-state index is -0.517. The van der Waals surface area contributed by atoms with Gasteiger partial charge in [0.25, 0.3) is 0 Å². The van der Waals surface area contributed by atoms with Crippen LogP contribution in [0.4, 0.5) is 0 Å². The van der Waals surface area contributed by atoms with E-state index in [4.69, 9.17) is 0 Å². The predicted molar refractivity (Wildman–Crippen MR) is 87.4 cm³/mol. The molecule has 1 atom stereocenters. The van der Waals surface area contributed by atoms with Crippen LogP contribution in [0.2, 0.25) is 0 Å². The molecule has 0 fully saturated rings. The first-order valence-corrected chi connectivity index (χ1v) is 7.51. The van der Waals surface area contributed by atoms with Crippen LogP contribution in [-0.4, -0.2) is 14.7 Å². The van der Waals surface area contributed by atoms with Crippen LogP contribution in [0.25, 0.3) is 21.8 Å². The number of aryl methyl sites for hydroxylation is 2. The van der Waals surface area contributed by atoms with Gasteiger partial charge in [-0.1, -0.05) is 32.0 Å². The normalized spacial score (nSPS) is 13.4. The Hall–Kier alpha value is -1.87. The molecule has 1 unspecified atom stereocenters. The fourth-order valence-electron chi connectivity index (χ4n) is 3.19. The van der Waals surface area contributed by atoms with Crippen LogP contribution in [0.1, 0.15) is 37.6 Å². The minimum absolute atomic E-state index is 0.438. The Bertz CT molecular complexity index is 802. The van der Waals surface area contributed by atoms with Crippen molar-refractivity contribution < 1.29 is 5.11 Å². The summed E-state index contributed by atoms with van der Waals surface area (Å²) in [6.07, 6.45) is 2.09. The molecule has 0 bridgehead atoms. The summed E-state index contributed by atoms with van der Waals surface area (Å²) in [6.45, 7) is 6.33. The summed E-state index contributed by atoms with van der Waals surface area (Å²) >= 11 is 0. The van der Waals surface area contributed by atoms with E-state index in [0.717, 1.165) is 23.2 Å². The lowest BCUT2D eigenvalue weighted by Crippen LogP contribution is -2.07. The zero-order valence-electron chi connectivity index (χ0n) is 13.1. The van der Waals surface area contributed by atoms with Gasteiger partial charge in [0.1, 0.15) is 0 Å². The highest BCUT2D eigenvalue weighted by Gasteiger charge is 2.20. The van der Waals surface area contributed by atoms with Gasteiger partial charge in [-0.3, -0.25) is 4.98 Å². The van der Waals surface area contributed by atoms with Crippen molar-refractivity contribution in [2.75, 3.05) is 0 Å². The number of aliphatic hydroxyl groups excluding tert-OH is 1. The topological polar surface area (TPSA) is 38.1 Å². The molecule has 1 N–H and O–H groups in total. The van der Waals surface area contributed by atoms with Crippen LogP contribution < -0.4 is 0 Å². The molecule has 21 heavy (non-hydrogen) atoms. The second-order valence-electron chi connectivity index (χ2n) is 6.27. The van der Waals surface area contributed by atoms with Crippen molar-refractivity contribution in [3.8, 4) is 0 Å². The number of hydrogen-bond acceptors (Lipinski definition) is 2. The third-order valence-corrected chi connectivity index (χ3v) is 4.15. The van der Waals surface area contributed by atoms with Gasteiger partial charge in [-0.25, -0.2) is 0 Å². The molecule has 0 radical (unpaired) electrons. The maximum atomic E-state index is 10.6. The minimum Gasteiger partial charge on any atom is -0.387 e. The smallest absolute Gasteiger partial charge is 0.0983 e. The number of aliphatic hydroxyl groups is 1. The number of para-hydroxylation sites is 1. The molecule has 2 aromatic heterocycles. The largest absolute Gasteiger partial charge is 0.387 e. The SMILES string of the molecule is Cc1cnc(C(O)CC(C)C)c2c1c1ccccc1n2C. The van der Waals surface area contributed by atoms with Crippen LogP contribution in [0, 0.1) is 12.8 Å². The third-order valence-electron chi connectivity index (χ3n) is 4.15. The van der Waals surface area contributed by atoms with Crippen molar-refractivity contribution in [1.82, 2.24) is 9.55 Å². The van der Waals surface area contributed by atoms with E-state index in [-0.39, 0.29) is 0 Å². The highest BCUT2D eigenvalue weighted by molar-refractivity contribution is 6.10. The zero-order chi connectivity index (χ0) is 15.1. The fraction of sp³-hybridized carbons (Fsp3) is 0.389. The van der Waals surface area contributed by atoms with Crippen molar-refractivity contribution in [2.45, 2.75) is 33.3 Å². The van der Waals surface area contributed by atoms with Crippen LogP contribution in [0.3, 0.4) is 0 Å². The highest BCUT2D eigenvalue weighted by Crippen LogP contribution is 2.35. The third kappa shape index (κ3) is 2.22. The molecule has 3 aromatic rings. The first-order chi connectivity index (χ1) is 10.0. The molecular weight excluding hydrogens is 260 g/mol. The van der Waals surface area contributed by atoms with Crippen LogP contribution in [-0.2, 0) is 7.05 Å². The molecule has 3 nitrogen and oxygen atoms in total. The summed E-state index contributed by atoms with van der Waals surface area (Å²) in [5.74, 6) is 0.438. The van der Waals surface area contributed by atoms with Gasteiger partial charge in [-0.15, -0.1) is 0 Å². The van der Waals surface area contributed by atoms with E-state index in [0.29, 0.717) is 5.92 Å². The van der Waals surface area contributed by atoms with Crippen molar-refractivity contribution >= 4 is 21.8 Å². The Morgan fingerprint density at radius 2 is 1.95 bits per heavy atom. The van der Waals surface area contributed by atoms with E-state index in [2.05, 4.69) is 55.6 Å². The van der Waals surface area contributed by atoms with E-state index < -0.39 is 6.10 Å². The number of pyridine rings is 1. The molecule has 0 aliphatic heterocycles. The van der Waals surface area contributed by atoms with E-state index in [1.807, 2.05) is 12.3 Å². The lowest BCUT2D eigenvalue weighted by Gasteiger charge is -2.15. The van der Waals surface area contributed by atoms with Crippen molar-refractivity contribution in [3.05, 3.63) is 41.7 Å². The summed E-state index contributed by atoms with van der Waals surface area (Å²) in [7, 11) is 2.05. The van der Waals surface area contributed by atoms with Crippen LogP contribution in [0.5, 0.6) is 0 Å². The molecule has 0 saturated heterocycles. The van der Waals surface area contributed by atoms with Gasteiger partial charge in [0.15, 0.2) is 0 Å². The van der Waals surface area contributed by atoms with Gasteiger partial charge < -0.3 is 9.67 Å². The number of benzene rings is 1. The fourth-order valence-corrected chi connectivity index (χ4v) is 3.19. The van der Waals surface area contributed by atoms with E-state index >= 15 is 0 Å². The van der Waals surface area contributed by atoms with Crippen molar-refractivity contribution in [1.29, 1.82) is 0 Å². The number of rotatable bonds is 3. The average molecular weight is 282 g/mol. The maximum absolute atomic E-state index is 10.6. The Balaban J connectivity index is 2.35. The summed E-state index contributed by atoms with van der Waals surface area (Å²) in [5.41, 5.74) is 4.19. The standard InChI is InChI=1S/C18H22N2O/c1-11(2)9-15(21)17-18-16(12(3)10-19-17)13-7-5-6-8-14(13)20(18)4/h5-8,10-11,15,21H,9H2,1-4H3. The molecule has 0 saturated carbocycles. The molecule has 0 aliphatic rings. The van der Waals surface area contributed by atoms with E-state index in [1.54, 1.807) is 0 Å². The van der Waals surface area contributed by atoms with Gasteiger partial charge in [-0.05, 0) is 30.9 Å². The first kappa shape index (κ1) is 14.1. The molecule has 0 spiro atoms. The maximum Gasteiger partial charge on any atom is 0.0983 e. The summed E-state index contributed by atoms with van der Waals surface area (Å²) in [5, 5.41) is 13.0. The second kappa shape index (κ2) is 5.15. The Morgan fingerprint density at radius 1 is 1.24 bits per heavy atom. The lowest BCUT2D eigenvalue weighted by molar-refractivity contribution is 0.148. The molecule has 1 aromatic carbocycles. The quantitative estimate of drug-likeness (QED) is 0.785. The molecule has 2 heterocycles. The van der Waals surface area contributed by atoms with Crippen molar-refractivity contribution in [2.24, 2.45) is 13.0 Å². The molecular formula is C18H22N2O. The Kier molecular flexibility index (Phi) is 3.46. The first-order valence-electron chi connectivity index (χ1n) is 7.51. The monoisotopic (exact) mass is 282 g/mol. The number of fused-ring (bicyclic) bond motifs is 3. The van der Waals surface area contributed by atoms with Gasteiger partial charge >= 0.3 is 0 Å². The van der Waals surface area contributed by atoms with E-state index in [1.165, 1.54) is 16.3 Å². The lowest BCUT2D eigenvalue weighted by atomic mass is 10.0. The van der Waals surface area contributed by atoms with Gasteiger partial charge in [0.05, 0.1) is 17.3 Å². The molecule has 3 rings (SSSR count). The van der Waals surface area contributed by atoms with E-state index in [9.17, 15) is 5.11 Å². The Morgan fingerprint density at radius 3 is 2.67 bits per heavy atom. The average Bonchev–Trinajstić information content (AvgIpc) is 2.74. The zero-order valence-corrected chi connectivity index (χ0v) is 13.1. The number of hydrogen-bond donors (Lipinski definition) is 1. The Labute approximate surface area is 125 Å². The number of aromatic nitrogens is 2. The second-order valence-corrected chi connectivity index (χ2v) is 6.27. The number of nitrogens with zero attached hydrogens (tertiary/aromatic N) is 2. The summed E-state index contributed by atoms with van der Waals surface area (Å²) < 4.78 is 2.16. The van der Waals surface area contributed by atoms with Gasteiger partial charge in [0, 0.05) is 29.5 Å². The predicted octanol–water partition coefficient (Wildman–Crippen LogP) is 4.11.